The largest absolute Gasteiger partial charge is 0.344 e. The van der Waals surface area contributed by atoms with Crippen molar-refractivity contribution in [2.75, 3.05) is 0 Å². The van der Waals surface area contributed by atoms with Gasteiger partial charge in [-0.2, -0.15) is 0 Å². The molecule has 5 aromatic carbocycles. The number of para-hydroxylation sites is 2. The molecule has 0 spiro atoms. The second-order valence-corrected chi connectivity index (χ2v) is 12.0. The van der Waals surface area contributed by atoms with Gasteiger partial charge in [-0.15, -0.1) is 0 Å². The number of aromatic nitrogens is 1. The Morgan fingerprint density at radius 3 is 1.12 bits per heavy atom. The first kappa shape index (κ1) is 20.8. The fourth-order valence-electron chi connectivity index (χ4n) is 5.36. The number of benzene rings is 5. The summed E-state index contributed by atoms with van der Waals surface area (Å²) < 4.78 is 2.34. The first-order valence-corrected chi connectivity index (χ1v) is 13.5. The molecule has 0 fully saturated rings. The maximum absolute atomic E-state index is 2.34. The lowest BCUT2D eigenvalue weighted by molar-refractivity contribution is 1.00. The summed E-state index contributed by atoms with van der Waals surface area (Å²) in [4.78, 5) is 1.43. The lowest BCUT2D eigenvalue weighted by Crippen LogP contribution is -2.26. The molecule has 6 rings (SSSR count). The second-order valence-electron chi connectivity index (χ2n) is 8.62. The van der Waals surface area contributed by atoms with Gasteiger partial charge >= 0.3 is 0 Å². The second kappa shape index (κ2) is 8.52. The molecule has 0 aliphatic rings. The van der Waals surface area contributed by atoms with Gasteiger partial charge in [0.05, 0.1) is 0 Å². The molecular weight excluding hydrogens is 429 g/mol. The molecule has 164 valence electrons. The Hall–Kier alpha value is -3.80. The van der Waals surface area contributed by atoms with Crippen LogP contribution in [0, 0.1) is 4.94 Å². The molecule has 6 aromatic rings. The van der Waals surface area contributed by atoms with Gasteiger partial charge in [0.2, 0.25) is 0 Å². The monoisotopic (exact) mass is 455 g/mol. The summed E-state index contributed by atoms with van der Waals surface area (Å²) in [5.74, 6) is 0. The smallest absolute Gasteiger partial charge is 0.0488 e. The highest BCUT2D eigenvalue weighted by Gasteiger charge is 2.28. The molecule has 0 N–H and O–H groups in total. The number of hydrogen-bond donors (Lipinski definition) is 0. The lowest BCUT2D eigenvalue weighted by Gasteiger charge is -2.30. The van der Waals surface area contributed by atoms with E-state index in [0.29, 0.717) is 0 Å². The predicted octanol–water partition coefficient (Wildman–Crippen LogP) is 6.86. The van der Waals surface area contributed by atoms with Crippen molar-refractivity contribution in [2.24, 2.45) is 7.05 Å². The van der Waals surface area contributed by atoms with Crippen LogP contribution in [0.5, 0.6) is 0 Å². The highest BCUT2D eigenvalue weighted by atomic mass is 31.2. The van der Waals surface area contributed by atoms with Gasteiger partial charge < -0.3 is 4.57 Å². The van der Waals surface area contributed by atoms with Crippen molar-refractivity contribution >= 4 is 44.6 Å². The van der Waals surface area contributed by atoms with Gasteiger partial charge in [-0.1, -0.05) is 127 Å². The van der Waals surface area contributed by atoms with Crippen LogP contribution in [0.4, 0.5) is 0 Å². The summed E-state index contributed by atoms with van der Waals surface area (Å²) in [6.07, 6.45) is 0. The third-order valence-electron chi connectivity index (χ3n) is 6.81. The quantitative estimate of drug-likeness (QED) is 0.203. The SMILES string of the molecule is Cn1c2ccccc2c(=P(c2ccccc2)(c2ccccc2)c2ccccc2)c2ccccc21. The van der Waals surface area contributed by atoms with Gasteiger partial charge in [-0.3, -0.25) is 0 Å². The van der Waals surface area contributed by atoms with E-state index in [1.54, 1.807) is 0 Å². The Labute approximate surface area is 200 Å². The Balaban J connectivity index is 2.10. The summed E-state index contributed by atoms with van der Waals surface area (Å²) in [7, 11) is 2.18. The maximum Gasteiger partial charge on any atom is 0.0488 e. The van der Waals surface area contributed by atoms with Crippen LogP contribution < -0.4 is 15.9 Å². The minimum absolute atomic E-state index is 1.25. The average molecular weight is 456 g/mol. The molecule has 0 unspecified atom stereocenters. The van der Waals surface area contributed by atoms with E-state index in [-0.39, 0.29) is 0 Å². The van der Waals surface area contributed by atoms with Crippen molar-refractivity contribution < 1.29 is 0 Å². The van der Waals surface area contributed by atoms with Gasteiger partial charge in [0, 0.05) is 33.8 Å². The van der Waals surface area contributed by atoms with E-state index in [1.165, 1.54) is 42.7 Å². The zero-order valence-electron chi connectivity index (χ0n) is 19.2. The molecule has 34 heavy (non-hydrogen) atoms. The normalized spacial score (nSPS) is 11.7. The van der Waals surface area contributed by atoms with Crippen LogP contribution in [0.3, 0.4) is 0 Å². The number of hydrogen-bond acceptors (Lipinski definition) is 0. The molecule has 0 aliphatic carbocycles. The molecule has 0 saturated heterocycles. The molecule has 0 amide bonds. The molecule has 0 bridgehead atoms. The van der Waals surface area contributed by atoms with Crippen LogP contribution in [-0.2, 0) is 7.05 Å². The van der Waals surface area contributed by atoms with Crippen LogP contribution in [0.1, 0.15) is 0 Å². The molecule has 0 aliphatic heterocycles. The molecular formula is C32H26NP. The molecule has 1 nitrogen and oxygen atoms in total. The summed E-state index contributed by atoms with van der Waals surface area (Å²) in [5.41, 5.74) is 2.51. The molecule has 1 heterocycles. The number of rotatable bonds is 3. The summed E-state index contributed by atoms with van der Waals surface area (Å²) in [6, 6.07) is 51.2. The van der Waals surface area contributed by atoms with Crippen molar-refractivity contribution in [3.05, 3.63) is 144 Å². The third-order valence-corrected chi connectivity index (χ3v) is 11.2. The molecule has 0 saturated carbocycles. The van der Waals surface area contributed by atoms with Crippen molar-refractivity contribution in [3.63, 3.8) is 0 Å². The van der Waals surface area contributed by atoms with Gasteiger partial charge in [0.1, 0.15) is 0 Å². The first-order chi connectivity index (χ1) is 16.8. The van der Waals surface area contributed by atoms with E-state index in [1.807, 2.05) is 0 Å². The topological polar surface area (TPSA) is 4.93 Å². The van der Waals surface area contributed by atoms with Crippen LogP contribution in [-0.4, -0.2) is 4.57 Å². The van der Waals surface area contributed by atoms with Crippen LogP contribution in [0.15, 0.2) is 140 Å². The van der Waals surface area contributed by atoms with Gasteiger partial charge in [0.15, 0.2) is 0 Å². The molecule has 2 heteroatoms. The summed E-state index contributed by atoms with van der Waals surface area (Å²) in [6.45, 7) is -2.23. The van der Waals surface area contributed by atoms with Gasteiger partial charge in [-0.25, -0.2) is 0 Å². The minimum Gasteiger partial charge on any atom is -0.344 e. The van der Waals surface area contributed by atoms with Crippen molar-refractivity contribution in [3.8, 4) is 0 Å². The molecule has 0 atom stereocenters. The van der Waals surface area contributed by atoms with Crippen molar-refractivity contribution in [1.82, 2.24) is 4.57 Å². The van der Waals surface area contributed by atoms with E-state index in [9.17, 15) is 0 Å². The predicted molar refractivity (Wildman–Crippen MR) is 149 cm³/mol. The van der Waals surface area contributed by atoms with Gasteiger partial charge in [-0.05, 0) is 34.9 Å². The minimum atomic E-state index is -2.23. The Kier molecular flexibility index (Phi) is 5.21. The Morgan fingerprint density at radius 1 is 0.412 bits per heavy atom. The van der Waals surface area contributed by atoms with Crippen LogP contribution >= 0.6 is 6.89 Å². The van der Waals surface area contributed by atoms with E-state index < -0.39 is 6.89 Å². The van der Waals surface area contributed by atoms with E-state index >= 15 is 0 Å². The number of pyridine rings is 1. The van der Waals surface area contributed by atoms with Crippen molar-refractivity contribution in [2.45, 2.75) is 0 Å². The van der Waals surface area contributed by atoms with E-state index in [2.05, 4.69) is 151 Å². The standard InChI is InChI=1S/C32H26NP/c1-33-30-23-13-11-21-28(30)32(29-22-12-14-24-31(29)33)34(25-15-5-2-6-16-25,26-17-7-3-8-18-26)27-19-9-4-10-20-27/h2-24H,1H3. The number of nitrogens with zero attached hydrogens (tertiary/aromatic N) is 1. The highest BCUT2D eigenvalue weighted by molar-refractivity contribution is 7.89. The third kappa shape index (κ3) is 3.09. The zero-order chi connectivity index (χ0) is 23.0. The highest BCUT2D eigenvalue weighted by Crippen LogP contribution is 2.50. The summed E-state index contributed by atoms with van der Waals surface area (Å²) >= 11 is 0. The van der Waals surface area contributed by atoms with Crippen LogP contribution in [0.2, 0.25) is 0 Å². The average Bonchev–Trinajstić information content (AvgIpc) is 2.93. The maximum atomic E-state index is 2.34. The first-order valence-electron chi connectivity index (χ1n) is 11.7. The lowest BCUT2D eigenvalue weighted by atomic mass is 10.1. The number of fused-ring (bicyclic) bond motifs is 2. The van der Waals surface area contributed by atoms with Crippen molar-refractivity contribution in [1.29, 1.82) is 0 Å². The van der Waals surface area contributed by atoms with E-state index in [0.717, 1.165) is 0 Å². The fraction of sp³-hybridized carbons (Fsp3) is 0.0312. The molecule has 1 aromatic heterocycles. The van der Waals surface area contributed by atoms with E-state index in [4.69, 9.17) is 0 Å². The Morgan fingerprint density at radius 2 is 0.735 bits per heavy atom. The number of aryl methyl sites for hydroxylation is 1. The van der Waals surface area contributed by atoms with Gasteiger partial charge in [0.25, 0.3) is 0 Å². The van der Waals surface area contributed by atoms with Crippen LogP contribution in [0.25, 0.3) is 21.8 Å². The Bertz CT molecular complexity index is 1540. The molecule has 0 radical (unpaired) electrons. The zero-order valence-corrected chi connectivity index (χ0v) is 20.1. The fourth-order valence-corrected chi connectivity index (χ4v) is 9.99. The summed E-state index contributed by atoms with van der Waals surface area (Å²) in [5, 5.41) is 6.74.